The molecule has 0 atom stereocenters. The predicted octanol–water partition coefficient (Wildman–Crippen LogP) is 3.01. The number of nitrogens with zero attached hydrogens (tertiary/aromatic N) is 1. The highest BCUT2D eigenvalue weighted by molar-refractivity contribution is 5.57. The van der Waals surface area contributed by atoms with Gasteiger partial charge in [-0.25, -0.2) is 4.39 Å². The second-order valence-electron chi connectivity index (χ2n) is 5.11. The minimum atomic E-state index is -0.189. The van der Waals surface area contributed by atoms with Gasteiger partial charge in [0.05, 0.1) is 5.69 Å². The molecule has 2 aromatic carbocycles. The van der Waals surface area contributed by atoms with Crippen LogP contribution >= 0.6 is 0 Å². The van der Waals surface area contributed by atoms with E-state index in [1.165, 1.54) is 5.56 Å². The molecule has 0 fully saturated rings. The molecule has 1 aliphatic rings. The Bertz CT molecular complexity index is 622. The molecule has 0 amide bonds. The van der Waals surface area contributed by atoms with E-state index in [1.54, 1.807) is 13.1 Å². The second-order valence-corrected chi connectivity index (χ2v) is 5.11. The minimum Gasteiger partial charge on any atom is -0.399 e. The largest absolute Gasteiger partial charge is 0.399 e. The summed E-state index contributed by atoms with van der Waals surface area (Å²) in [5.74, 6) is -0.189. The first-order valence-electron chi connectivity index (χ1n) is 6.77. The van der Waals surface area contributed by atoms with E-state index in [0.717, 1.165) is 36.4 Å². The van der Waals surface area contributed by atoms with Gasteiger partial charge >= 0.3 is 0 Å². The highest BCUT2D eigenvalue weighted by Gasteiger charge is 2.18. The van der Waals surface area contributed by atoms with Gasteiger partial charge in [-0.15, -0.1) is 0 Å². The van der Waals surface area contributed by atoms with Crippen LogP contribution in [0.5, 0.6) is 0 Å². The van der Waals surface area contributed by atoms with E-state index in [0.29, 0.717) is 5.69 Å². The van der Waals surface area contributed by atoms with Crippen molar-refractivity contribution in [1.82, 2.24) is 0 Å². The van der Waals surface area contributed by atoms with Gasteiger partial charge in [0, 0.05) is 31.5 Å². The second kappa shape index (κ2) is 5.04. The van der Waals surface area contributed by atoms with E-state index in [2.05, 4.69) is 10.2 Å². The summed E-state index contributed by atoms with van der Waals surface area (Å²) in [7, 11) is 1.74. The molecule has 0 unspecified atom stereocenters. The van der Waals surface area contributed by atoms with Crippen molar-refractivity contribution in [3.05, 3.63) is 53.3 Å². The number of nitrogens with one attached hydrogen (secondary N) is 1. The Morgan fingerprint density at radius 1 is 1.15 bits per heavy atom. The van der Waals surface area contributed by atoms with E-state index in [-0.39, 0.29) is 5.82 Å². The lowest BCUT2D eigenvalue weighted by Gasteiger charge is -2.31. The highest BCUT2D eigenvalue weighted by atomic mass is 19.1. The van der Waals surface area contributed by atoms with Crippen LogP contribution in [0.25, 0.3) is 0 Å². The molecule has 2 aromatic rings. The number of nitrogen functional groups attached to an aromatic ring is 1. The zero-order valence-electron chi connectivity index (χ0n) is 11.5. The van der Waals surface area contributed by atoms with E-state index in [9.17, 15) is 4.39 Å². The van der Waals surface area contributed by atoms with E-state index in [1.807, 2.05) is 30.3 Å². The molecule has 3 N–H and O–H groups in total. The Morgan fingerprint density at radius 3 is 2.60 bits per heavy atom. The quantitative estimate of drug-likeness (QED) is 0.825. The average Bonchev–Trinajstić information content (AvgIpc) is 2.46. The number of hydrogen-bond acceptors (Lipinski definition) is 3. The Balaban J connectivity index is 1.88. The summed E-state index contributed by atoms with van der Waals surface area (Å²) in [6.07, 6.45) is 0.925. The van der Waals surface area contributed by atoms with Gasteiger partial charge in [-0.1, -0.05) is 0 Å². The summed E-state index contributed by atoms with van der Waals surface area (Å²) in [4.78, 5) is 2.25. The van der Waals surface area contributed by atoms with Crippen LogP contribution < -0.4 is 16.0 Å². The Kier molecular flexibility index (Phi) is 3.22. The van der Waals surface area contributed by atoms with E-state index >= 15 is 0 Å². The van der Waals surface area contributed by atoms with Gasteiger partial charge in [0.25, 0.3) is 0 Å². The van der Waals surface area contributed by atoms with Gasteiger partial charge in [0.2, 0.25) is 0 Å². The summed E-state index contributed by atoms with van der Waals surface area (Å²) in [5.41, 5.74) is 10.5. The van der Waals surface area contributed by atoms with Crippen molar-refractivity contribution in [1.29, 1.82) is 0 Å². The number of halogens is 1. The molecule has 104 valence electrons. The first-order chi connectivity index (χ1) is 9.67. The maximum absolute atomic E-state index is 13.9. The molecule has 1 aliphatic heterocycles. The molecule has 4 heteroatoms. The van der Waals surface area contributed by atoms with Crippen LogP contribution in [0.15, 0.2) is 36.4 Å². The standard InChI is InChI=1S/C16H18FN3/c1-19-16-9-11-6-7-20(10-12(11)8-15(16)17)14-4-2-13(18)3-5-14/h2-5,8-9,19H,6-7,10,18H2,1H3. The monoisotopic (exact) mass is 271 g/mol. The van der Waals surface area contributed by atoms with Gasteiger partial charge in [-0.3, -0.25) is 0 Å². The smallest absolute Gasteiger partial charge is 0.146 e. The van der Waals surface area contributed by atoms with Crippen molar-refractivity contribution < 1.29 is 4.39 Å². The molecule has 3 rings (SSSR count). The van der Waals surface area contributed by atoms with Crippen molar-refractivity contribution in [2.45, 2.75) is 13.0 Å². The predicted molar refractivity (Wildman–Crippen MR) is 81.6 cm³/mol. The Hall–Kier alpha value is -2.23. The lowest BCUT2D eigenvalue weighted by atomic mass is 9.98. The van der Waals surface area contributed by atoms with Gasteiger partial charge in [-0.05, 0) is 53.9 Å². The summed E-state index contributed by atoms with van der Waals surface area (Å²) in [5, 5.41) is 2.89. The summed E-state index contributed by atoms with van der Waals surface area (Å²) in [6.45, 7) is 1.67. The third-order valence-corrected chi connectivity index (χ3v) is 3.83. The Morgan fingerprint density at radius 2 is 1.90 bits per heavy atom. The van der Waals surface area contributed by atoms with Gasteiger partial charge < -0.3 is 16.0 Å². The minimum absolute atomic E-state index is 0.189. The molecule has 0 saturated carbocycles. The van der Waals surface area contributed by atoms with Crippen LogP contribution in [0, 0.1) is 5.82 Å². The van der Waals surface area contributed by atoms with Gasteiger partial charge in [0.15, 0.2) is 0 Å². The number of fused-ring (bicyclic) bond motifs is 1. The molecule has 0 aliphatic carbocycles. The third kappa shape index (κ3) is 2.29. The number of hydrogen-bond donors (Lipinski definition) is 2. The topological polar surface area (TPSA) is 41.3 Å². The maximum atomic E-state index is 13.9. The number of benzene rings is 2. The normalized spacial score (nSPS) is 14.0. The van der Waals surface area contributed by atoms with Crippen molar-refractivity contribution in [2.75, 3.05) is 29.5 Å². The lowest BCUT2D eigenvalue weighted by Crippen LogP contribution is -2.30. The number of anilines is 3. The van der Waals surface area contributed by atoms with Crippen molar-refractivity contribution in [3.63, 3.8) is 0 Å². The summed E-state index contributed by atoms with van der Waals surface area (Å²) >= 11 is 0. The molecule has 0 bridgehead atoms. The molecule has 0 radical (unpaired) electrons. The molecular weight excluding hydrogens is 253 g/mol. The van der Waals surface area contributed by atoms with Crippen LogP contribution in [0.2, 0.25) is 0 Å². The fraction of sp³-hybridized carbons (Fsp3) is 0.250. The van der Waals surface area contributed by atoms with Crippen LogP contribution in [-0.4, -0.2) is 13.6 Å². The molecule has 0 aromatic heterocycles. The first-order valence-corrected chi connectivity index (χ1v) is 6.77. The van der Waals surface area contributed by atoms with E-state index in [4.69, 9.17) is 5.73 Å². The fourth-order valence-electron chi connectivity index (χ4n) is 2.68. The third-order valence-electron chi connectivity index (χ3n) is 3.83. The lowest BCUT2D eigenvalue weighted by molar-refractivity contribution is 0.622. The zero-order valence-corrected chi connectivity index (χ0v) is 11.5. The maximum Gasteiger partial charge on any atom is 0.146 e. The summed E-state index contributed by atoms with van der Waals surface area (Å²) in [6, 6.07) is 11.4. The molecular formula is C16H18FN3. The van der Waals surface area contributed by atoms with Gasteiger partial charge in [-0.2, -0.15) is 0 Å². The SMILES string of the molecule is CNc1cc2c(cc1F)CN(c1ccc(N)cc1)CC2. The van der Waals surface area contributed by atoms with Crippen LogP contribution in [0.3, 0.4) is 0 Å². The van der Waals surface area contributed by atoms with E-state index < -0.39 is 0 Å². The molecule has 0 saturated heterocycles. The van der Waals surface area contributed by atoms with Crippen LogP contribution in [0.4, 0.5) is 21.5 Å². The molecule has 1 heterocycles. The first kappa shape index (κ1) is 12.8. The van der Waals surface area contributed by atoms with Crippen molar-refractivity contribution >= 4 is 17.1 Å². The summed E-state index contributed by atoms with van der Waals surface area (Å²) < 4.78 is 13.9. The van der Waals surface area contributed by atoms with Gasteiger partial charge in [0.1, 0.15) is 5.82 Å². The Labute approximate surface area is 118 Å². The van der Waals surface area contributed by atoms with Crippen molar-refractivity contribution in [2.24, 2.45) is 0 Å². The van der Waals surface area contributed by atoms with Crippen LogP contribution in [0.1, 0.15) is 11.1 Å². The molecule has 3 nitrogen and oxygen atoms in total. The highest BCUT2D eigenvalue weighted by Crippen LogP contribution is 2.28. The van der Waals surface area contributed by atoms with Crippen molar-refractivity contribution in [3.8, 4) is 0 Å². The zero-order chi connectivity index (χ0) is 14.1. The fourth-order valence-corrected chi connectivity index (χ4v) is 2.68. The molecule has 20 heavy (non-hydrogen) atoms. The van der Waals surface area contributed by atoms with Crippen LogP contribution in [-0.2, 0) is 13.0 Å². The number of nitrogens with two attached hydrogens (primary N) is 1. The average molecular weight is 271 g/mol. The number of rotatable bonds is 2. The molecule has 0 spiro atoms.